The fraction of sp³-hybridized carbons (Fsp3) is 0.462. The maximum Gasteiger partial charge on any atom is 0.255 e. The second kappa shape index (κ2) is 4.94. The number of nitrogens with one attached hydrogen (secondary N) is 1. The molecule has 98 valence electrons. The minimum Gasteiger partial charge on any atom is -0.507 e. The van der Waals surface area contributed by atoms with Crippen LogP contribution in [0.15, 0.2) is 18.2 Å². The number of phenols is 1. The number of amides is 1. The molecule has 0 bridgehead atoms. The van der Waals surface area contributed by atoms with Crippen LogP contribution in [0.4, 0.5) is 4.39 Å². The molecule has 5 heteroatoms. The molecule has 1 aliphatic carbocycles. The lowest BCUT2D eigenvalue weighted by Crippen LogP contribution is -2.49. The Hall–Kier alpha value is -1.62. The van der Waals surface area contributed by atoms with Gasteiger partial charge in [-0.25, -0.2) is 4.39 Å². The molecule has 0 unspecified atom stereocenters. The van der Waals surface area contributed by atoms with Crippen molar-refractivity contribution in [2.75, 3.05) is 6.61 Å². The van der Waals surface area contributed by atoms with Gasteiger partial charge < -0.3 is 15.5 Å². The maximum absolute atomic E-state index is 13.1. The van der Waals surface area contributed by atoms with Crippen molar-refractivity contribution in [2.45, 2.75) is 31.2 Å². The Bertz CT molecular complexity index is 456. The SMILES string of the molecule is O=C(NC1(CO)CCCC1)c1cc(F)ccc1O. The van der Waals surface area contributed by atoms with Crippen LogP contribution in [0.3, 0.4) is 0 Å². The molecule has 3 N–H and O–H groups in total. The van der Waals surface area contributed by atoms with Crippen LogP contribution in [-0.2, 0) is 0 Å². The third-order valence-corrected chi connectivity index (χ3v) is 3.45. The normalized spacial score (nSPS) is 17.7. The van der Waals surface area contributed by atoms with Crippen LogP contribution >= 0.6 is 0 Å². The van der Waals surface area contributed by atoms with Gasteiger partial charge in [0.05, 0.1) is 17.7 Å². The van der Waals surface area contributed by atoms with E-state index >= 15 is 0 Å². The largest absolute Gasteiger partial charge is 0.507 e. The van der Waals surface area contributed by atoms with Gasteiger partial charge in [0, 0.05) is 0 Å². The number of phenolic OH excluding ortho intramolecular Hbond substituents is 1. The van der Waals surface area contributed by atoms with Crippen LogP contribution in [-0.4, -0.2) is 28.3 Å². The molecule has 1 aliphatic rings. The van der Waals surface area contributed by atoms with Gasteiger partial charge in [-0.15, -0.1) is 0 Å². The van der Waals surface area contributed by atoms with E-state index in [1.54, 1.807) is 0 Å². The fourth-order valence-electron chi connectivity index (χ4n) is 2.37. The molecule has 1 aromatic rings. The molecule has 18 heavy (non-hydrogen) atoms. The lowest BCUT2D eigenvalue weighted by atomic mass is 9.98. The third-order valence-electron chi connectivity index (χ3n) is 3.45. The molecule has 0 radical (unpaired) electrons. The first-order chi connectivity index (χ1) is 8.56. The zero-order chi connectivity index (χ0) is 13.2. The second-order valence-corrected chi connectivity index (χ2v) is 4.76. The van der Waals surface area contributed by atoms with Gasteiger partial charge in [0.25, 0.3) is 5.91 Å². The van der Waals surface area contributed by atoms with E-state index in [2.05, 4.69) is 5.32 Å². The summed E-state index contributed by atoms with van der Waals surface area (Å²) in [6.07, 6.45) is 3.28. The number of halogens is 1. The Morgan fingerprint density at radius 3 is 2.67 bits per heavy atom. The average molecular weight is 253 g/mol. The van der Waals surface area contributed by atoms with E-state index in [1.807, 2.05) is 0 Å². The first-order valence-electron chi connectivity index (χ1n) is 5.98. The summed E-state index contributed by atoms with van der Waals surface area (Å²) in [5, 5.41) is 21.6. The molecule has 1 amide bonds. The molecule has 0 saturated heterocycles. The van der Waals surface area contributed by atoms with Gasteiger partial charge in [-0.2, -0.15) is 0 Å². The highest BCUT2D eigenvalue weighted by atomic mass is 19.1. The van der Waals surface area contributed by atoms with Crippen molar-refractivity contribution in [2.24, 2.45) is 0 Å². The Kier molecular flexibility index (Phi) is 3.52. The summed E-state index contributed by atoms with van der Waals surface area (Å²) in [6, 6.07) is 3.22. The third kappa shape index (κ3) is 2.46. The van der Waals surface area contributed by atoms with Gasteiger partial charge in [-0.3, -0.25) is 4.79 Å². The first kappa shape index (κ1) is 12.8. The Morgan fingerprint density at radius 2 is 2.06 bits per heavy atom. The molecule has 1 aromatic carbocycles. The van der Waals surface area contributed by atoms with Gasteiger partial charge in [-0.1, -0.05) is 12.8 Å². The maximum atomic E-state index is 13.1. The number of rotatable bonds is 3. The van der Waals surface area contributed by atoms with E-state index in [-0.39, 0.29) is 17.9 Å². The predicted octanol–water partition coefficient (Wildman–Crippen LogP) is 1.57. The number of carbonyl (C=O) groups is 1. The molecule has 0 atom stereocenters. The van der Waals surface area contributed by atoms with Gasteiger partial charge in [-0.05, 0) is 31.0 Å². The smallest absolute Gasteiger partial charge is 0.255 e. The number of benzene rings is 1. The van der Waals surface area contributed by atoms with Gasteiger partial charge in [0.15, 0.2) is 0 Å². The van der Waals surface area contributed by atoms with E-state index in [0.717, 1.165) is 31.0 Å². The van der Waals surface area contributed by atoms with E-state index in [4.69, 9.17) is 0 Å². The van der Waals surface area contributed by atoms with Crippen LogP contribution in [0.25, 0.3) is 0 Å². The lowest BCUT2D eigenvalue weighted by molar-refractivity contribution is 0.0835. The Labute approximate surface area is 104 Å². The van der Waals surface area contributed by atoms with Gasteiger partial charge in [0.2, 0.25) is 0 Å². The number of hydrogen-bond donors (Lipinski definition) is 3. The standard InChI is InChI=1S/C13H16FNO3/c14-9-3-4-11(17)10(7-9)12(18)15-13(8-16)5-1-2-6-13/h3-4,7,16-17H,1-2,5-6,8H2,(H,15,18). The minimum atomic E-state index is -0.629. The predicted molar refractivity (Wildman–Crippen MR) is 63.8 cm³/mol. The van der Waals surface area contributed by atoms with Crippen molar-refractivity contribution < 1.29 is 19.4 Å². The van der Waals surface area contributed by atoms with Crippen molar-refractivity contribution >= 4 is 5.91 Å². The topological polar surface area (TPSA) is 69.6 Å². The molecule has 0 spiro atoms. The number of aliphatic hydroxyl groups is 1. The molecule has 0 heterocycles. The summed E-state index contributed by atoms with van der Waals surface area (Å²) in [5.74, 6) is -1.40. The van der Waals surface area contributed by atoms with Crippen molar-refractivity contribution in [3.8, 4) is 5.75 Å². The second-order valence-electron chi connectivity index (χ2n) is 4.76. The highest BCUT2D eigenvalue weighted by molar-refractivity contribution is 5.97. The van der Waals surface area contributed by atoms with Crippen molar-refractivity contribution in [3.05, 3.63) is 29.6 Å². The highest BCUT2D eigenvalue weighted by Crippen LogP contribution is 2.30. The lowest BCUT2D eigenvalue weighted by Gasteiger charge is -2.28. The van der Waals surface area contributed by atoms with E-state index in [9.17, 15) is 19.4 Å². The summed E-state index contributed by atoms with van der Waals surface area (Å²) in [7, 11) is 0. The van der Waals surface area contributed by atoms with Crippen LogP contribution < -0.4 is 5.32 Å². The Morgan fingerprint density at radius 1 is 1.39 bits per heavy atom. The highest BCUT2D eigenvalue weighted by Gasteiger charge is 2.35. The molecule has 4 nitrogen and oxygen atoms in total. The molecule has 2 rings (SSSR count). The number of aromatic hydroxyl groups is 1. The van der Waals surface area contributed by atoms with Crippen molar-refractivity contribution in [1.29, 1.82) is 0 Å². The molecule has 1 saturated carbocycles. The molecule has 0 aliphatic heterocycles. The monoisotopic (exact) mass is 253 g/mol. The minimum absolute atomic E-state index is 0.102. The van der Waals surface area contributed by atoms with Crippen LogP contribution in [0, 0.1) is 5.82 Å². The summed E-state index contributed by atoms with van der Waals surface area (Å²) >= 11 is 0. The average Bonchev–Trinajstić information content (AvgIpc) is 2.81. The van der Waals surface area contributed by atoms with Crippen LogP contribution in [0.2, 0.25) is 0 Å². The van der Waals surface area contributed by atoms with Crippen molar-refractivity contribution in [3.63, 3.8) is 0 Å². The number of hydrogen-bond acceptors (Lipinski definition) is 3. The van der Waals surface area contributed by atoms with Crippen LogP contribution in [0.1, 0.15) is 36.0 Å². The Balaban J connectivity index is 2.18. The van der Waals surface area contributed by atoms with E-state index < -0.39 is 17.3 Å². The fourth-order valence-corrected chi connectivity index (χ4v) is 2.37. The zero-order valence-electron chi connectivity index (χ0n) is 9.95. The number of carbonyl (C=O) groups excluding carboxylic acids is 1. The van der Waals surface area contributed by atoms with Crippen molar-refractivity contribution in [1.82, 2.24) is 5.32 Å². The van der Waals surface area contributed by atoms with Gasteiger partial charge in [0.1, 0.15) is 11.6 Å². The zero-order valence-corrected chi connectivity index (χ0v) is 9.95. The van der Waals surface area contributed by atoms with E-state index in [1.165, 1.54) is 0 Å². The van der Waals surface area contributed by atoms with Crippen LogP contribution in [0.5, 0.6) is 5.75 Å². The molecule has 0 aromatic heterocycles. The molecule has 1 fully saturated rings. The first-order valence-corrected chi connectivity index (χ1v) is 5.98. The summed E-state index contributed by atoms with van der Waals surface area (Å²) in [5.41, 5.74) is -0.731. The van der Waals surface area contributed by atoms with Gasteiger partial charge >= 0.3 is 0 Å². The summed E-state index contributed by atoms with van der Waals surface area (Å²) in [4.78, 5) is 12.0. The quantitative estimate of drug-likeness (QED) is 0.765. The summed E-state index contributed by atoms with van der Waals surface area (Å²) < 4.78 is 13.1. The molecular formula is C13H16FNO3. The molecular weight excluding hydrogens is 237 g/mol. The summed E-state index contributed by atoms with van der Waals surface area (Å²) in [6.45, 7) is -0.144. The van der Waals surface area contributed by atoms with E-state index in [0.29, 0.717) is 12.8 Å². The number of aliphatic hydroxyl groups excluding tert-OH is 1.